The van der Waals surface area contributed by atoms with Gasteiger partial charge in [0.05, 0.1) is 30.6 Å². The van der Waals surface area contributed by atoms with Gasteiger partial charge in [-0.05, 0) is 38.7 Å². The van der Waals surface area contributed by atoms with Crippen LogP contribution in [0.4, 0.5) is 0 Å². The lowest BCUT2D eigenvalue weighted by atomic mass is 9.85. The number of hydrogen-bond acceptors (Lipinski definition) is 0. The predicted octanol–water partition coefficient (Wildman–Crippen LogP) is 7.02. The molecule has 0 heteroatoms. The van der Waals surface area contributed by atoms with E-state index < -0.39 is 0 Å². The minimum Gasteiger partial charge on any atom is -0.0622 e. The SMILES string of the molecule is [CH]1C=C(c2c3ccccc3c(-c3ccccc3)c3ccccc23)C=C[CH+]1. The van der Waals surface area contributed by atoms with Crippen molar-refractivity contribution < 1.29 is 0 Å². The van der Waals surface area contributed by atoms with Crippen LogP contribution in [-0.2, 0) is 0 Å². The second-order valence-corrected chi connectivity index (χ2v) is 6.57. The van der Waals surface area contributed by atoms with Crippen LogP contribution in [0.1, 0.15) is 5.56 Å². The van der Waals surface area contributed by atoms with Gasteiger partial charge in [0.1, 0.15) is 0 Å². The van der Waals surface area contributed by atoms with Crippen molar-refractivity contribution in [3.05, 3.63) is 115 Å². The van der Waals surface area contributed by atoms with Gasteiger partial charge in [0.25, 0.3) is 0 Å². The molecule has 0 heterocycles. The van der Waals surface area contributed by atoms with Gasteiger partial charge >= 0.3 is 0 Å². The van der Waals surface area contributed by atoms with Crippen molar-refractivity contribution in [2.24, 2.45) is 0 Å². The lowest BCUT2D eigenvalue weighted by molar-refractivity contribution is 1.55. The lowest BCUT2D eigenvalue weighted by Crippen LogP contribution is -1.94. The Hall–Kier alpha value is -3.25. The fraction of sp³-hybridized carbons (Fsp3) is 0. The number of benzene rings is 4. The van der Waals surface area contributed by atoms with Crippen LogP contribution < -0.4 is 0 Å². The molecule has 0 bridgehead atoms. The fourth-order valence-electron chi connectivity index (χ4n) is 3.96. The monoisotopic (exact) mass is 330 g/mol. The Morgan fingerprint density at radius 3 is 1.62 bits per heavy atom. The van der Waals surface area contributed by atoms with Crippen molar-refractivity contribution in [3.63, 3.8) is 0 Å². The number of rotatable bonds is 2. The maximum atomic E-state index is 2.25. The van der Waals surface area contributed by atoms with E-state index in [2.05, 4.69) is 110 Å². The molecule has 0 atom stereocenters. The highest BCUT2D eigenvalue weighted by Gasteiger charge is 2.19. The first kappa shape index (κ1) is 15.0. The van der Waals surface area contributed by atoms with E-state index in [9.17, 15) is 0 Å². The Morgan fingerprint density at radius 1 is 0.538 bits per heavy atom. The van der Waals surface area contributed by atoms with E-state index in [1.54, 1.807) is 0 Å². The molecule has 1 aliphatic carbocycles. The van der Waals surface area contributed by atoms with E-state index in [4.69, 9.17) is 0 Å². The highest BCUT2D eigenvalue weighted by molar-refractivity contribution is 6.19. The minimum absolute atomic E-state index is 1.26. The van der Waals surface area contributed by atoms with Gasteiger partial charge in [-0.15, -0.1) is 0 Å². The highest BCUT2D eigenvalue weighted by Crippen LogP contribution is 2.42. The molecule has 1 aliphatic rings. The van der Waals surface area contributed by atoms with Crippen molar-refractivity contribution in [1.82, 2.24) is 0 Å². The van der Waals surface area contributed by atoms with Crippen molar-refractivity contribution in [2.45, 2.75) is 0 Å². The second kappa shape index (κ2) is 6.24. The van der Waals surface area contributed by atoms with Gasteiger partial charge in [-0.2, -0.15) is 0 Å². The Morgan fingerprint density at radius 2 is 1.08 bits per heavy atom. The van der Waals surface area contributed by atoms with Crippen LogP contribution >= 0.6 is 0 Å². The standard InChI is InChI=1S/C26H18/c1-3-11-19(12-4-1)25-21-15-7-9-17-23(21)26(20-13-5-2-6-14-20)24-18-10-8-16-22(24)25/h1-18H/q+1. The maximum Gasteiger partial charge on any atom is 0.0953 e. The molecule has 0 fully saturated rings. The molecule has 0 saturated carbocycles. The van der Waals surface area contributed by atoms with Crippen LogP contribution in [0.3, 0.4) is 0 Å². The average molecular weight is 330 g/mol. The zero-order valence-electron chi connectivity index (χ0n) is 14.4. The quantitative estimate of drug-likeness (QED) is 0.273. The molecule has 5 rings (SSSR count). The molecular formula is C26H18+. The first-order valence-corrected chi connectivity index (χ1v) is 8.98. The summed E-state index contributed by atoms with van der Waals surface area (Å²) < 4.78 is 0. The van der Waals surface area contributed by atoms with Gasteiger partial charge in [0.15, 0.2) is 0 Å². The third-order valence-corrected chi connectivity index (χ3v) is 5.06. The number of allylic oxidation sites excluding steroid dienone is 4. The third-order valence-electron chi connectivity index (χ3n) is 5.06. The van der Waals surface area contributed by atoms with E-state index in [1.165, 1.54) is 43.8 Å². The first-order chi connectivity index (χ1) is 12.9. The smallest absolute Gasteiger partial charge is 0.0622 e. The van der Waals surface area contributed by atoms with Gasteiger partial charge < -0.3 is 0 Å². The van der Waals surface area contributed by atoms with Gasteiger partial charge in [-0.1, -0.05) is 78.9 Å². The van der Waals surface area contributed by atoms with Crippen molar-refractivity contribution in [1.29, 1.82) is 0 Å². The van der Waals surface area contributed by atoms with Crippen LogP contribution in [0.5, 0.6) is 0 Å². The van der Waals surface area contributed by atoms with E-state index in [0.29, 0.717) is 0 Å². The van der Waals surface area contributed by atoms with Crippen LogP contribution in [0.2, 0.25) is 0 Å². The summed E-state index contributed by atoms with van der Waals surface area (Å²) in [5.74, 6) is 0. The molecule has 0 N–H and O–H groups in total. The summed E-state index contributed by atoms with van der Waals surface area (Å²) in [7, 11) is 0. The summed E-state index contributed by atoms with van der Waals surface area (Å²) in [5, 5.41) is 5.21. The van der Waals surface area contributed by atoms with Crippen LogP contribution in [0.25, 0.3) is 38.2 Å². The van der Waals surface area contributed by atoms with Crippen LogP contribution in [-0.4, -0.2) is 0 Å². The molecular weight excluding hydrogens is 312 g/mol. The minimum atomic E-state index is 1.26. The molecule has 0 saturated heterocycles. The highest BCUT2D eigenvalue weighted by atomic mass is 14.2. The molecule has 4 aromatic carbocycles. The summed E-state index contributed by atoms with van der Waals surface area (Å²) >= 11 is 0. The third kappa shape index (κ3) is 2.34. The molecule has 0 aromatic heterocycles. The predicted molar refractivity (Wildman–Crippen MR) is 113 cm³/mol. The van der Waals surface area contributed by atoms with E-state index in [0.717, 1.165) is 0 Å². The maximum absolute atomic E-state index is 2.25. The first-order valence-electron chi connectivity index (χ1n) is 8.98. The van der Waals surface area contributed by atoms with Crippen LogP contribution in [0.15, 0.2) is 97.1 Å². The second-order valence-electron chi connectivity index (χ2n) is 6.57. The molecule has 121 valence electrons. The molecule has 0 spiro atoms. The zero-order chi connectivity index (χ0) is 17.3. The Kier molecular flexibility index (Phi) is 3.61. The number of fused-ring (bicyclic) bond motifs is 2. The molecule has 1 radical (unpaired) electrons. The largest absolute Gasteiger partial charge is 0.0953 e. The van der Waals surface area contributed by atoms with E-state index in [-0.39, 0.29) is 0 Å². The van der Waals surface area contributed by atoms with Crippen molar-refractivity contribution >= 4 is 27.1 Å². The summed E-state index contributed by atoms with van der Waals surface area (Å²) in [5.41, 5.74) is 5.16. The number of hydrogen-bond donors (Lipinski definition) is 0. The average Bonchev–Trinajstić information content (AvgIpc) is 2.73. The van der Waals surface area contributed by atoms with Gasteiger partial charge in [0, 0.05) is 5.56 Å². The summed E-state index contributed by atoms with van der Waals surface area (Å²) in [4.78, 5) is 0. The Balaban J connectivity index is 1.98. The molecule has 4 aromatic rings. The van der Waals surface area contributed by atoms with Crippen molar-refractivity contribution in [2.75, 3.05) is 0 Å². The topological polar surface area (TPSA) is 0 Å². The summed E-state index contributed by atoms with van der Waals surface area (Å²) in [6, 6.07) is 28.3. The fourth-order valence-corrected chi connectivity index (χ4v) is 3.96. The molecule has 0 aliphatic heterocycles. The van der Waals surface area contributed by atoms with Gasteiger partial charge in [0.2, 0.25) is 0 Å². The summed E-state index contributed by atoms with van der Waals surface area (Å²) in [6.07, 6.45) is 10.7. The van der Waals surface area contributed by atoms with Gasteiger partial charge in [-0.25, -0.2) is 0 Å². The molecule has 0 amide bonds. The Bertz CT molecular complexity index is 1100. The van der Waals surface area contributed by atoms with Crippen molar-refractivity contribution in [3.8, 4) is 11.1 Å². The summed E-state index contributed by atoms with van der Waals surface area (Å²) in [6.45, 7) is 0. The zero-order valence-corrected chi connectivity index (χ0v) is 14.4. The lowest BCUT2D eigenvalue weighted by Gasteiger charge is -2.17. The normalized spacial score (nSPS) is 13.6. The van der Waals surface area contributed by atoms with Gasteiger partial charge in [-0.3, -0.25) is 0 Å². The molecule has 26 heavy (non-hydrogen) atoms. The molecule has 0 nitrogen and oxygen atoms in total. The van der Waals surface area contributed by atoms with Crippen LogP contribution in [0, 0.1) is 12.8 Å². The Labute approximate surface area is 154 Å². The van der Waals surface area contributed by atoms with E-state index >= 15 is 0 Å². The van der Waals surface area contributed by atoms with E-state index in [1.807, 2.05) is 0 Å². The molecule has 0 unspecified atom stereocenters.